The molecule has 3 rings (SSSR count). The number of ketones is 1. The van der Waals surface area contributed by atoms with Crippen LogP contribution in [0.25, 0.3) is 0 Å². The molecule has 0 aromatic heterocycles. The fourth-order valence-corrected chi connectivity index (χ4v) is 5.79. The zero-order chi connectivity index (χ0) is 26.3. The molecule has 2 amide bonds. The molecule has 1 saturated carbocycles. The van der Waals surface area contributed by atoms with Crippen LogP contribution in [-0.4, -0.2) is 70.2 Å². The van der Waals surface area contributed by atoms with E-state index in [1.807, 2.05) is 13.8 Å². The molecular weight excluding hydrogens is 482 g/mol. The minimum Gasteiger partial charge on any atom is -0.381 e. The predicted octanol–water partition coefficient (Wildman–Crippen LogP) is 2.24. The number of benzene rings is 1. The van der Waals surface area contributed by atoms with Crippen molar-refractivity contribution in [3.63, 3.8) is 0 Å². The van der Waals surface area contributed by atoms with Crippen molar-refractivity contribution in [3.8, 4) is 0 Å². The van der Waals surface area contributed by atoms with Crippen molar-refractivity contribution in [1.82, 2.24) is 10.6 Å². The summed E-state index contributed by atoms with van der Waals surface area (Å²) in [5.41, 5.74) is -0.526. The Hall–Kier alpha value is -2.46. The molecule has 1 aromatic carbocycles. The summed E-state index contributed by atoms with van der Waals surface area (Å²) in [4.78, 5) is 41.0. The number of nitrogens with zero attached hydrogens (tertiary/aromatic N) is 1. The van der Waals surface area contributed by atoms with Gasteiger partial charge in [-0.15, -0.1) is 0 Å². The van der Waals surface area contributed by atoms with Crippen LogP contribution in [0.4, 0.5) is 5.69 Å². The summed E-state index contributed by atoms with van der Waals surface area (Å²) in [5.74, 6) is -0.346. The highest BCUT2D eigenvalue weighted by Gasteiger charge is 2.42. The van der Waals surface area contributed by atoms with Crippen molar-refractivity contribution in [2.24, 2.45) is 5.92 Å². The van der Waals surface area contributed by atoms with Crippen molar-refractivity contribution in [2.75, 3.05) is 37.5 Å². The number of piperidine rings is 1. The molecule has 1 unspecified atom stereocenters. The molecule has 0 bridgehead atoms. The molecule has 10 heteroatoms. The van der Waals surface area contributed by atoms with Gasteiger partial charge in [0, 0.05) is 25.8 Å². The molecule has 1 atom stereocenters. The molecule has 0 spiro atoms. The van der Waals surface area contributed by atoms with E-state index >= 15 is 0 Å². The quantitative estimate of drug-likeness (QED) is 0.453. The topological polar surface area (TPSA) is 122 Å². The first kappa shape index (κ1) is 28.1. The van der Waals surface area contributed by atoms with Crippen LogP contribution in [0.3, 0.4) is 0 Å². The van der Waals surface area contributed by atoms with Crippen LogP contribution < -0.4 is 15.5 Å². The van der Waals surface area contributed by atoms with E-state index in [0.717, 1.165) is 25.5 Å². The number of ether oxygens (including phenoxy) is 1. The fourth-order valence-electron chi connectivity index (χ4n) is 4.89. The maximum absolute atomic E-state index is 13.4. The summed E-state index contributed by atoms with van der Waals surface area (Å²) in [6.07, 6.45) is 5.40. The van der Waals surface area contributed by atoms with E-state index in [0.29, 0.717) is 50.6 Å². The number of hydrogen-bond donors (Lipinski definition) is 2. The molecule has 2 fully saturated rings. The van der Waals surface area contributed by atoms with Gasteiger partial charge in [0.15, 0.2) is 15.6 Å². The van der Waals surface area contributed by atoms with Crippen LogP contribution in [0.15, 0.2) is 29.2 Å². The number of para-hydroxylation sites is 1. The molecule has 1 heterocycles. The average molecular weight is 522 g/mol. The molecular formula is C26H39N3O6S. The van der Waals surface area contributed by atoms with Gasteiger partial charge in [-0.3, -0.25) is 14.4 Å². The third-order valence-corrected chi connectivity index (χ3v) is 7.92. The second-order valence-electron chi connectivity index (χ2n) is 10.4. The maximum atomic E-state index is 13.4. The number of anilines is 1. The van der Waals surface area contributed by atoms with Crippen LogP contribution >= 0.6 is 0 Å². The van der Waals surface area contributed by atoms with Crippen molar-refractivity contribution < 1.29 is 27.5 Å². The summed E-state index contributed by atoms with van der Waals surface area (Å²) in [6.45, 7) is 5.39. The zero-order valence-electron chi connectivity index (χ0n) is 21.5. The largest absolute Gasteiger partial charge is 0.381 e. The van der Waals surface area contributed by atoms with Gasteiger partial charge in [0.05, 0.1) is 29.8 Å². The van der Waals surface area contributed by atoms with E-state index in [1.54, 1.807) is 23.1 Å². The Balaban J connectivity index is 1.63. The van der Waals surface area contributed by atoms with Gasteiger partial charge in [0.25, 0.3) is 0 Å². The lowest BCUT2D eigenvalue weighted by Crippen LogP contribution is -2.63. The molecule has 2 aliphatic rings. The van der Waals surface area contributed by atoms with E-state index in [-0.39, 0.29) is 35.5 Å². The zero-order valence-corrected chi connectivity index (χ0v) is 22.4. The van der Waals surface area contributed by atoms with E-state index in [1.165, 1.54) is 6.07 Å². The predicted molar refractivity (Wildman–Crippen MR) is 138 cm³/mol. The van der Waals surface area contributed by atoms with E-state index in [9.17, 15) is 22.8 Å². The number of Topliss-reactive ketones (excluding diaryl/α,β-unsaturated/α-hetero) is 1. The van der Waals surface area contributed by atoms with Crippen molar-refractivity contribution in [3.05, 3.63) is 24.3 Å². The van der Waals surface area contributed by atoms with Crippen molar-refractivity contribution in [1.29, 1.82) is 0 Å². The molecule has 1 aliphatic heterocycles. The van der Waals surface area contributed by atoms with Crippen LogP contribution in [0.2, 0.25) is 0 Å². The number of rotatable bonds is 10. The van der Waals surface area contributed by atoms with Crippen LogP contribution in [0.1, 0.15) is 58.8 Å². The average Bonchev–Trinajstić information content (AvgIpc) is 2.83. The number of nitrogens with one attached hydrogen (secondary N) is 2. The Morgan fingerprint density at radius 1 is 1.17 bits per heavy atom. The normalized spacial score (nSPS) is 20.3. The fraction of sp³-hybridized carbons (Fsp3) is 0.654. The molecule has 36 heavy (non-hydrogen) atoms. The molecule has 200 valence electrons. The number of sulfone groups is 1. The minimum atomic E-state index is -3.45. The molecule has 1 aromatic rings. The smallest absolute Gasteiger partial charge is 0.246 e. The van der Waals surface area contributed by atoms with Gasteiger partial charge in [-0.05, 0) is 37.3 Å². The summed E-state index contributed by atoms with van der Waals surface area (Å²) in [6, 6.07) is 5.95. The Bertz CT molecular complexity index is 1050. The Kier molecular flexibility index (Phi) is 9.52. The summed E-state index contributed by atoms with van der Waals surface area (Å²) < 4.78 is 29.9. The first-order chi connectivity index (χ1) is 17.0. The summed E-state index contributed by atoms with van der Waals surface area (Å²) in [5, 5.41) is 5.87. The molecule has 1 saturated heterocycles. The van der Waals surface area contributed by atoms with Gasteiger partial charge in [0.1, 0.15) is 5.54 Å². The van der Waals surface area contributed by atoms with Crippen molar-refractivity contribution >= 4 is 33.1 Å². The lowest BCUT2D eigenvalue weighted by molar-refractivity contribution is -0.137. The summed E-state index contributed by atoms with van der Waals surface area (Å²) >= 11 is 0. The van der Waals surface area contributed by atoms with Gasteiger partial charge >= 0.3 is 0 Å². The van der Waals surface area contributed by atoms with Crippen LogP contribution in [-0.2, 0) is 29.0 Å². The Morgan fingerprint density at radius 3 is 2.50 bits per heavy atom. The van der Waals surface area contributed by atoms with E-state index in [4.69, 9.17) is 4.74 Å². The number of amides is 2. The van der Waals surface area contributed by atoms with Gasteiger partial charge in [0.2, 0.25) is 11.8 Å². The van der Waals surface area contributed by atoms with Gasteiger partial charge in [-0.2, -0.15) is 0 Å². The van der Waals surface area contributed by atoms with E-state index in [2.05, 4.69) is 10.6 Å². The molecule has 1 aliphatic carbocycles. The van der Waals surface area contributed by atoms with Crippen LogP contribution in [0.5, 0.6) is 0 Å². The second kappa shape index (κ2) is 12.2. The second-order valence-corrected chi connectivity index (χ2v) is 12.3. The molecule has 0 radical (unpaired) electrons. The number of hydrogen-bond acceptors (Lipinski definition) is 7. The lowest BCUT2D eigenvalue weighted by atomic mass is 9.80. The molecule has 9 nitrogen and oxygen atoms in total. The Morgan fingerprint density at radius 2 is 1.86 bits per heavy atom. The van der Waals surface area contributed by atoms with E-state index < -0.39 is 21.4 Å². The minimum absolute atomic E-state index is 0.00400. The Labute approximate surface area is 214 Å². The molecule has 2 N–H and O–H groups in total. The SMILES string of the molecule is CC(C)COCCC(=O)NC1(C(=O)NC2CCN(c3ccccc3S(C)(=O)=O)CC2=O)CCCCC1. The number of carbonyl (C=O) groups excluding carboxylic acids is 3. The lowest BCUT2D eigenvalue weighted by Gasteiger charge is -2.39. The van der Waals surface area contributed by atoms with Gasteiger partial charge in [-0.25, -0.2) is 8.42 Å². The highest BCUT2D eigenvalue weighted by atomic mass is 32.2. The van der Waals surface area contributed by atoms with Crippen LogP contribution in [0, 0.1) is 5.92 Å². The summed E-state index contributed by atoms with van der Waals surface area (Å²) in [7, 11) is -3.45. The highest BCUT2D eigenvalue weighted by Crippen LogP contribution is 2.30. The highest BCUT2D eigenvalue weighted by molar-refractivity contribution is 7.90. The first-order valence-electron chi connectivity index (χ1n) is 12.8. The van der Waals surface area contributed by atoms with Gasteiger partial charge < -0.3 is 20.3 Å². The third kappa shape index (κ3) is 7.29. The van der Waals surface area contributed by atoms with Gasteiger partial charge in [-0.1, -0.05) is 45.2 Å². The monoisotopic (exact) mass is 521 g/mol. The van der Waals surface area contributed by atoms with Crippen molar-refractivity contribution in [2.45, 2.75) is 75.3 Å². The maximum Gasteiger partial charge on any atom is 0.246 e. The first-order valence-corrected chi connectivity index (χ1v) is 14.7. The third-order valence-electron chi connectivity index (χ3n) is 6.78. The standard InChI is InChI=1S/C26H39N3O6S/c1-19(2)18-35-16-12-24(31)28-26(13-7-4-8-14-26)25(32)27-20-11-15-29(17-22(20)30)21-9-5-6-10-23(21)36(3,33)34/h5-6,9-10,19-20H,4,7-8,11-18H2,1-3H3,(H,27,32)(H,28,31). The number of carbonyl (C=O) groups is 3.